The van der Waals surface area contributed by atoms with Crippen molar-refractivity contribution in [3.05, 3.63) is 80.2 Å². The Hall–Kier alpha value is -2.98. The van der Waals surface area contributed by atoms with Gasteiger partial charge in [0.1, 0.15) is 11.6 Å². The standard InChI is InChI=1S/C22H19BrFN3O4S/c1-12-5-7-15(8-6-12)32(29,30)26-10-9-16-20(26)25-22(23)27(21(16)28)19-13(2)17(24)11-18(31-4)14(19)3/h5-11H,1-4H3. The Morgan fingerprint density at radius 1 is 1.06 bits per heavy atom. The predicted molar refractivity (Wildman–Crippen MR) is 123 cm³/mol. The van der Waals surface area contributed by atoms with Crippen molar-refractivity contribution in [1.82, 2.24) is 13.5 Å². The van der Waals surface area contributed by atoms with Gasteiger partial charge in [0.05, 0.1) is 23.1 Å². The van der Waals surface area contributed by atoms with E-state index in [4.69, 9.17) is 4.74 Å². The van der Waals surface area contributed by atoms with Crippen LogP contribution in [0, 0.1) is 26.6 Å². The van der Waals surface area contributed by atoms with Crippen molar-refractivity contribution >= 4 is 37.0 Å². The Morgan fingerprint density at radius 3 is 2.34 bits per heavy atom. The highest BCUT2D eigenvalue weighted by Crippen LogP contribution is 2.31. The van der Waals surface area contributed by atoms with Crippen LogP contribution in [0.4, 0.5) is 4.39 Å². The third kappa shape index (κ3) is 3.34. The van der Waals surface area contributed by atoms with Gasteiger partial charge in [-0.15, -0.1) is 0 Å². The second kappa shape index (κ2) is 7.86. The molecule has 10 heteroatoms. The van der Waals surface area contributed by atoms with Crippen molar-refractivity contribution in [2.45, 2.75) is 25.7 Å². The van der Waals surface area contributed by atoms with Gasteiger partial charge in [-0.05, 0) is 54.9 Å². The number of methoxy groups -OCH3 is 1. The fourth-order valence-corrected chi connectivity index (χ4v) is 5.43. The van der Waals surface area contributed by atoms with Crippen LogP contribution < -0.4 is 10.3 Å². The van der Waals surface area contributed by atoms with Gasteiger partial charge in [-0.25, -0.2) is 21.8 Å². The smallest absolute Gasteiger partial charge is 0.269 e. The molecule has 0 atom stereocenters. The highest BCUT2D eigenvalue weighted by molar-refractivity contribution is 9.10. The lowest BCUT2D eigenvalue weighted by Crippen LogP contribution is -2.24. The molecule has 0 aliphatic heterocycles. The van der Waals surface area contributed by atoms with E-state index in [0.29, 0.717) is 5.56 Å². The highest BCUT2D eigenvalue weighted by atomic mass is 79.9. The monoisotopic (exact) mass is 519 g/mol. The number of rotatable bonds is 4. The van der Waals surface area contributed by atoms with Gasteiger partial charge < -0.3 is 4.74 Å². The lowest BCUT2D eigenvalue weighted by atomic mass is 10.1. The zero-order valence-corrected chi connectivity index (χ0v) is 20.1. The van der Waals surface area contributed by atoms with Gasteiger partial charge in [0.15, 0.2) is 10.4 Å². The van der Waals surface area contributed by atoms with E-state index < -0.39 is 21.4 Å². The molecule has 166 valence electrons. The first-order valence-corrected chi connectivity index (χ1v) is 11.8. The minimum atomic E-state index is -3.98. The van der Waals surface area contributed by atoms with Crippen molar-refractivity contribution in [3.8, 4) is 11.4 Å². The molecule has 0 fully saturated rings. The average Bonchev–Trinajstić information content (AvgIpc) is 3.18. The van der Waals surface area contributed by atoms with E-state index in [1.165, 1.54) is 42.1 Å². The number of fused-ring (bicyclic) bond motifs is 1. The first-order chi connectivity index (χ1) is 15.1. The maximum absolute atomic E-state index is 14.5. The van der Waals surface area contributed by atoms with E-state index in [2.05, 4.69) is 20.9 Å². The molecular formula is C22H19BrFN3O4S. The minimum absolute atomic E-state index is 0.0302. The van der Waals surface area contributed by atoms with E-state index in [-0.39, 0.29) is 37.7 Å². The Balaban J connectivity index is 2.00. The number of aryl methyl sites for hydroxylation is 1. The Labute approximate surface area is 192 Å². The molecule has 7 nitrogen and oxygen atoms in total. The highest BCUT2D eigenvalue weighted by Gasteiger charge is 2.25. The summed E-state index contributed by atoms with van der Waals surface area (Å²) in [6.07, 6.45) is 1.29. The van der Waals surface area contributed by atoms with Crippen LogP contribution in [0.2, 0.25) is 0 Å². The molecule has 0 bridgehead atoms. The topological polar surface area (TPSA) is 83.2 Å². The predicted octanol–water partition coefficient (Wildman–Crippen LogP) is 4.26. The Bertz CT molecular complexity index is 1540. The van der Waals surface area contributed by atoms with E-state index in [0.717, 1.165) is 9.54 Å². The molecular weight excluding hydrogens is 501 g/mol. The summed E-state index contributed by atoms with van der Waals surface area (Å²) in [5.74, 6) is -0.262. The molecule has 4 rings (SSSR count). The Kier molecular flexibility index (Phi) is 5.46. The van der Waals surface area contributed by atoms with Crippen LogP contribution in [-0.2, 0) is 10.0 Å². The summed E-state index contributed by atoms with van der Waals surface area (Å²) in [6.45, 7) is 5.11. The fraction of sp³-hybridized carbons (Fsp3) is 0.182. The summed E-state index contributed by atoms with van der Waals surface area (Å²) in [5.41, 5.74) is 1.40. The van der Waals surface area contributed by atoms with Crippen molar-refractivity contribution in [3.63, 3.8) is 0 Å². The van der Waals surface area contributed by atoms with E-state index in [1.807, 2.05) is 6.92 Å². The number of benzene rings is 2. The molecule has 2 aromatic carbocycles. The van der Waals surface area contributed by atoms with E-state index in [9.17, 15) is 17.6 Å². The summed E-state index contributed by atoms with van der Waals surface area (Å²) in [4.78, 5) is 17.8. The van der Waals surface area contributed by atoms with Crippen LogP contribution in [0.25, 0.3) is 16.7 Å². The molecule has 0 spiro atoms. The van der Waals surface area contributed by atoms with Gasteiger partial charge >= 0.3 is 0 Å². The number of halogens is 2. The van der Waals surface area contributed by atoms with Gasteiger partial charge in [0.2, 0.25) is 0 Å². The molecule has 0 N–H and O–H groups in total. The third-order valence-corrected chi connectivity index (χ3v) is 7.57. The van der Waals surface area contributed by atoms with Crippen LogP contribution in [0.1, 0.15) is 16.7 Å². The van der Waals surface area contributed by atoms with Crippen LogP contribution in [0.3, 0.4) is 0 Å². The number of hydrogen-bond donors (Lipinski definition) is 0. The lowest BCUT2D eigenvalue weighted by Gasteiger charge is -2.17. The number of hydrogen-bond acceptors (Lipinski definition) is 5. The largest absolute Gasteiger partial charge is 0.496 e. The van der Waals surface area contributed by atoms with E-state index in [1.54, 1.807) is 26.0 Å². The van der Waals surface area contributed by atoms with E-state index >= 15 is 0 Å². The molecule has 0 saturated carbocycles. The third-order valence-electron chi connectivity index (χ3n) is 5.36. The molecule has 0 amide bonds. The van der Waals surface area contributed by atoms with Crippen LogP contribution in [-0.4, -0.2) is 29.1 Å². The zero-order valence-electron chi connectivity index (χ0n) is 17.7. The maximum atomic E-state index is 14.5. The molecule has 2 aromatic heterocycles. The number of aromatic nitrogens is 3. The fourth-order valence-electron chi connectivity index (χ4n) is 3.63. The summed E-state index contributed by atoms with van der Waals surface area (Å²) in [5, 5.41) is 0.0749. The van der Waals surface area contributed by atoms with Crippen LogP contribution in [0.15, 0.2) is 57.0 Å². The number of nitrogens with zero attached hydrogens (tertiary/aromatic N) is 3. The summed E-state index contributed by atoms with van der Waals surface area (Å²) in [7, 11) is -2.57. The summed E-state index contributed by atoms with van der Waals surface area (Å²) in [6, 6.07) is 9.02. The average molecular weight is 520 g/mol. The van der Waals surface area contributed by atoms with Crippen molar-refractivity contribution < 1.29 is 17.5 Å². The van der Waals surface area contributed by atoms with Gasteiger partial charge in [0, 0.05) is 23.4 Å². The van der Waals surface area contributed by atoms with Crippen molar-refractivity contribution in [2.24, 2.45) is 0 Å². The summed E-state index contributed by atoms with van der Waals surface area (Å²) >= 11 is 3.28. The molecule has 2 heterocycles. The first kappa shape index (κ1) is 22.2. The van der Waals surface area contributed by atoms with Gasteiger partial charge in [-0.3, -0.25) is 9.36 Å². The van der Waals surface area contributed by atoms with Crippen LogP contribution >= 0.6 is 15.9 Å². The maximum Gasteiger partial charge on any atom is 0.269 e. The van der Waals surface area contributed by atoms with Crippen molar-refractivity contribution in [2.75, 3.05) is 7.11 Å². The summed E-state index contributed by atoms with van der Waals surface area (Å²) < 4.78 is 48.3. The molecule has 32 heavy (non-hydrogen) atoms. The van der Waals surface area contributed by atoms with Crippen molar-refractivity contribution in [1.29, 1.82) is 0 Å². The molecule has 0 aliphatic rings. The quantitative estimate of drug-likeness (QED) is 0.376. The van der Waals surface area contributed by atoms with Gasteiger partial charge in [-0.1, -0.05) is 17.7 Å². The SMILES string of the molecule is COc1cc(F)c(C)c(-n2c(Br)nc3c(ccn3S(=O)(=O)c3ccc(C)cc3)c2=O)c1C. The molecule has 0 saturated heterocycles. The number of ether oxygens (including phenoxy) is 1. The molecule has 0 radical (unpaired) electrons. The van der Waals surface area contributed by atoms with Crippen LogP contribution in [0.5, 0.6) is 5.75 Å². The van der Waals surface area contributed by atoms with Gasteiger partial charge in [0.25, 0.3) is 15.6 Å². The second-order valence-electron chi connectivity index (χ2n) is 7.35. The zero-order chi connectivity index (χ0) is 23.4. The second-order valence-corrected chi connectivity index (χ2v) is 9.87. The minimum Gasteiger partial charge on any atom is -0.496 e. The molecule has 0 aliphatic carbocycles. The Morgan fingerprint density at radius 2 is 1.72 bits per heavy atom. The normalized spacial score (nSPS) is 11.8. The molecule has 4 aromatic rings. The molecule has 0 unspecified atom stereocenters. The van der Waals surface area contributed by atoms with Gasteiger partial charge in [-0.2, -0.15) is 0 Å². The first-order valence-electron chi connectivity index (χ1n) is 9.54. The lowest BCUT2D eigenvalue weighted by molar-refractivity contribution is 0.407.